The van der Waals surface area contributed by atoms with E-state index in [1.54, 1.807) is 0 Å². The summed E-state index contributed by atoms with van der Waals surface area (Å²) in [5.41, 5.74) is 0. The molecule has 1 saturated heterocycles. The van der Waals surface area contributed by atoms with Gasteiger partial charge in [0.15, 0.2) is 9.84 Å². The van der Waals surface area contributed by atoms with Crippen molar-refractivity contribution in [2.45, 2.75) is 49.8 Å². The number of carbonyl (C=O) groups excluding carboxylic acids is 1. The van der Waals surface area contributed by atoms with Gasteiger partial charge in [0.2, 0.25) is 5.91 Å². The predicted octanol–water partition coefficient (Wildman–Crippen LogP) is -0.222. The molecule has 2 atom stereocenters. The fourth-order valence-electron chi connectivity index (χ4n) is 2.23. The van der Waals surface area contributed by atoms with Crippen LogP contribution in [0.4, 0.5) is 0 Å². The molecule has 0 aliphatic carbocycles. The van der Waals surface area contributed by atoms with Gasteiger partial charge in [-0.2, -0.15) is 0 Å². The van der Waals surface area contributed by atoms with Crippen LogP contribution in [0, 0.1) is 0 Å². The van der Waals surface area contributed by atoms with Gasteiger partial charge in [-0.05, 0) is 25.7 Å². The summed E-state index contributed by atoms with van der Waals surface area (Å²) in [5.74, 6) is -3.23. The lowest BCUT2D eigenvalue weighted by molar-refractivity contribution is -0.142. The summed E-state index contributed by atoms with van der Waals surface area (Å²) in [6, 6.07) is -1.27. The molecule has 21 heavy (non-hydrogen) atoms. The number of amides is 1. The van der Waals surface area contributed by atoms with Gasteiger partial charge >= 0.3 is 11.9 Å². The van der Waals surface area contributed by atoms with Crippen LogP contribution < -0.4 is 5.32 Å². The van der Waals surface area contributed by atoms with Crippen LogP contribution in [-0.2, 0) is 24.2 Å². The number of sulfone groups is 1. The molecule has 0 saturated carbocycles. The molecule has 3 N–H and O–H groups in total. The number of hydrogen-bond donors (Lipinski definition) is 3. The van der Waals surface area contributed by atoms with Crippen molar-refractivity contribution in [3.05, 3.63) is 0 Å². The van der Waals surface area contributed by atoms with Gasteiger partial charge in [-0.3, -0.25) is 9.59 Å². The number of carbonyl (C=O) groups is 3. The average Bonchev–Trinajstić information content (AvgIpc) is 2.36. The minimum atomic E-state index is -3.53. The van der Waals surface area contributed by atoms with Gasteiger partial charge in [-0.15, -0.1) is 0 Å². The summed E-state index contributed by atoms with van der Waals surface area (Å²) in [4.78, 5) is 33.4. The highest BCUT2D eigenvalue weighted by Crippen LogP contribution is 2.20. The van der Waals surface area contributed by atoms with Gasteiger partial charge in [-0.25, -0.2) is 13.2 Å². The fourth-order valence-corrected chi connectivity index (χ4v) is 4.04. The monoisotopic (exact) mass is 321 g/mol. The molecule has 1 aliphatic rings. The van der Waals surface area contributed by atoms with E-state index < -0.39 is 39.0 Å². The Bertz CT molecular complexity index is 514. The largest absolute Gasteiger partial charge is 0.481 e. The summed E-state index contributed by atoms with van der Waals surface area (Å²) in [5, 5.41) is 18.5. The Hall–Kier alpha value is -1.64. The Morgan fingerprint density at radius 2 is 1.86 bits per heavy atom. The highest BCUT2D eigenvalue weighted by molar-refractivity contribution is 7.92. The Morgan fingerprint density at radius 3 is 2.38 bits per heavy atom. The first-order valence-corrected chi connectivity index (χ1v) is 8.42. The van der Waals surface area contributed by atoms with Crippen LogP contribution in [0.25, 0.3) is 0 Å². The summed E-state index contributed by atoms with van der Waals surface area (Å²) >= 11 is 0. The summed E-state index contributed by atoms with van der Waals surface area (Å²) in [6.07, 6.45) is 1.13. The summed E-state index contributed by atoms with van der Waals surface area (Å²) in [6.45, 7) is 0. The topological polar surface area (TPSA) is 138 Å². The third-order valence-corrected chi connectivity index (χ3v) is 5.54. The third-order valence-electron chi connectivity index (χ3n) is 3.37. The van der Waals surface area contributed by atoms with Crippen LogP contribution in [0.2, 0.25) is 0 Å². The van der Waals surface area contributed by atoms with Crippen molar-refractivity contribution in [1.82, 2.24) is 5.32 Å². The van der Waals surface area contributed by atoms with Gasteiger partial charge < -0.3 is 15.5 Å². The molecule has 1 fully saturated rings. The van der Waals surface area contributed by atoms with Crippen molar-refractivity contribution in [3.8, 4) is 0 Å². The van der Waals surface area contributed by atoms with Crippen LogP contribution in [-0.4, -0.2) is 53.5 Å². The number of carboxylic acids is 2. The van der Waals surface area contributed by atoms with Crippen LogP contribution in [0.3, 0.4) is 0 Å². The molecule has 120 valence electrons. The molecule has 1 heterocycles. The summed E-state index contributed by atoms with van der Waals surface area (Å²) < 4.78 is 23.6. The van der Waals surface area contributed by atoms with Crippen molar-refractivity contribution in [1.29, 1.82) is 0 Å². The quantitative estimate of drug-likeness (QED) is 0.589. The first-order chi connectivity index (χ1) is 9.74. The normalized spacial score (nSPS) is 22.2. The minimum Gasteiger partial charge on any atom is -0.481 e. The fraction of sp³-hybridized carbons (Fsp3) is 0.750. The van der Waals surface area contributed by atoms with Crippen LogP contribution >= 0.6 is 0 Å². The Balaban J connectivity index is 2.63. The van der Waals surface area contributed by atoms with Gasteiger partial charge in [0.25, 0.3) is 0 Å². The number of hydrogen-bond acceptors (Lipinski definition) is 5. The van der Waals surface area contributed by atoms with E-state index in [1.165, 1.54) is 0 Å². The lowest BCUT2D eigenvalue weighted by Crippen LogP contribution is -2.49. The van der Waals surface area contributed by atoms with Gasteiger partial charge in [0, 0.05) is 6.42 Å². The van der Waals surface area contributed by atoms with Gasteiger partial charge in [0.1, 0.15) is 11.3 Å². The number of rotatable bonds is 7. The molecule has 0 spiro atoms. The van der Waals surface area contributed by atoms with Crippen molar-refractivity contribution < 1.29 is 33.0 Å². The molecule has 1 aliphatic heterocycles. The highest BCUT2D eigenvalue weighted by atomic mass is 32.2. The second-order valence-corrected chi connectivity index (χ2v) is 7.34. The minimum absolute atomic E-state index is 0.0554. The smallest absolute Gasteiger partial charge is 0.326 e. The van der Waals surface area contributed by atoms with Crippen molar-refractivity contribution in [3.63, 3.8) is 0 Å². The standard InChI is InChI=1S/C12H19NO7S/c14-10(15)6-3-4-8(12(17)18)13-11(16)9-5-1-2-7-21(9,19)20/h8-9H,1-7H2,(H,13,16)(H,14,15)(H,17,18)/t8-,9?/m1/s1. The van der Waals surface area contributed by atoms with Crippen molar-refractivity contribution in [2.75, 3.05) is 5.75 Å². The molecule has 0 aromatic carbocycles. The SMILES string of the molecule is O=C(O)CCC[C@@H](NC(=O)C1CCCCS1(=O)=O)C(=O)O. The Morgan fingerprint density at radius 1 is 1.19 bits per heavy atom. The van der Waals surface area contributed by atoms with Crippen LogP contribution in [0.15, 0.2) is 0 Å². The van der Waals surface area contributed by atoms with E-state index in [0.29, 0.717) is 12.8 Å². The third kappa shape index (κ3) is 5.33. The summed E-state index contributed by atoms with van der Waals surface area (Å²) in [7, 11) is -3.53. The Labute approximate surface area is 122 Å². The first-order valence-electron chi connectivity index (χ1n) is 6.70. The average molecular weight is 321 g/mol. The molecule has 8 nitrogen and oxygen atoms in total. The molecular formula is C12H19NO7S. The second kappa shape index (κ2) is 7.39. The van der Waals surface area contributed by atoms with Crippen molar-refractivity contribution in [2.24, 2.45) is 0 Å². The Kier molecular flexibility index (Phi) is 6.13. The van der Waals surface area contributed by atoms with Crippen LogP contribution in [0.1, 0.15) is 38.5 Å². The molecule has 9 heteroatoms. The molecule has 1 unspecified atom stereocenters. The predicted molar refractivity (Wildman–Crippen MR) is 72.5 cm³/mol. The molecule has 0 bridgehead atoms. The molecule has 0 radical (unpaired) electrons. The van der Waals surface area contributed by atoms with E-state index >= 15 is 0 Å². The van der Waals surface area contributed by atoms with Crippen molar-refractivity contribution >= 4 is 27.7 Å². The first kappa shape index (κ1) is 17.4. The lowest BCUT2D eigenvalue weighted by atomic mass is 10.1. The van der Waals surface area contributed by atoms with Gasteiger partial charge in [0.05, 0.1) is 5.75 Å². The molecule has 1 amide bonds. The molecular weight excluding hydrogens is 302 g/mol. The number of carboxylic acid groups (broad SMARTS) is 2. The number of aliphatic carboxylic acids is 2. The van der Waals surface area contributed by atoms with E-state index in [0.717, 1.165) is 0 Å². The van der Waals surface area contributed by atoms with E-state index in [-0.39, 0.29) is 31.4 Å². The number of nitrogens with one attached hydrogen (secondary N) is 1. The maximum Gasteiger partial charge on any atom is 0.326 e. The molecule has 0 aromatic heterocycles. The zero-order chi connectivity index (χ0) is 16.0. The van der Waals surface area contributed by atoms with E-state index in [1.807, 2.05) is 0 Å². The maximum absolute atomic E-state index is 12.0. The molecule has 0 aromatic rings. The van der Waals surface area contributed by atoms with Crippen LogP contribution in [0.5, 0.6) is 0 Å². The van der Waals surface area contributed by atoms with E-state index in [4.69, 9.17) is 10.2 Å². The highest BCUT2D eigenvalue weighted by Gasteiger charge is 2.36. The van der Waals surface area contributed by atoms with E-state index in [9.17, 15) is 22.8 Å². The van der Waals surface area contributed by atoms with E-state index in [2.05, 4.69) is 5.32 Å². The molecule has 1 rings (SSSR count). The maximum atomic E-state index is 12.0. The zero-order valence-corrected chi connectivity index (χ0v) is 12.3. The lowest BCUT2D eigenvalue weighted by Gasteiger charge is -2.23. The second-order valence-electron chi connectivity index (χ2n) is 5.04. The van der Waals surface area contributed by atoms with Gasteiger partial charge in [-0.1, -0.05) is 6.42 Å². The zero-order valence-electron chi connectivity index (χ0n) is 11.4.